The smallest absolute Gasteiger partial charge is 0.136 e. The molecule has 1 heterocycles. The van der Waals surface area contributed by atoms with Crippen LogP contribution in [0.25, 0.3) is 55.3 Å². The monoisotopic (exact) mass is 649 g/mol. The number of benzene rings is 8. The van der Waals surface area contributed by atoms with Crippen molar-refractivity contribution in [3.05, 3.63) is 210 Å². The Morgan fingerprint density at radius 2 is 0.824 bits per heavy atom. The van der Waals surface area contributed by atoms with Crippen LogP contribution in [-0.2, 0) is 5.41 Å². The van der Waals surface area contributed by atoms with Crippen LogP contribution in [0.2, 0.25) is 0 Å². The van der Waals surface area contributed by atoms with Gasteiger partial charge in [-0.05, 0) is 110 Å². The maximum atomic E-state index is 6.50. The van der Waals surface area contributed by atoms with Crippen molar-refractivity contribution in [2.45, 2.75) is 5.41 Å². The highest BCUT2D eigenvalue weighted by atomic mass is 16.3. The van der Waals surface area contributed by atoms with E-state index in [-0.39, 0.29) is 0 Å². The second-order valence-corrected chi connectivity index (χ2v) is 13.6. The first-order valence-corrected chi connectivity index (χ1v) is 17.6. The molecule has 2 nitrogen and oxygen atoms in total. The van der Waals surface area contributed by atoms with Gasteiger partial charge in [-0.1, -0.05) is 133 Å². The zero-order valence-electron chi connectivity index (χ0n) is 27.8. The normalized spacial score (nSPS) is 15.1. The van der Waals surface area contributed by atoms with E-state index in [1.54, 1.807) is 0 Å². The minimum absolute atomic E-state index is 0.577. The molecule has 238 valence electrons. The summed E-state index contributed by atoms with van der Waals surface area (Å²) < 4.78 is 6.50. The standard InChI is InChI=1S/C49H31NO/c1-3-15-32(16-4-1)50(33-17-5-2-6-18-33)34-27-28-45-40(29-34)36-20-8-7-19-35(36)37-21-9-12-24-43(37)49(45)44-25-13-10-22-38(44)41-31-48-42(30-46(41)49)39-23-11-14-26-47(39)51-48/h1-31H. The molecule has 0 N–H and O–H groups in total. The predicted octanol–water partition coefficient (Wildman–Crippen LogP) is 13.1. The number of nitrogens with zero attached hydrogens (tertiary/aromatic N) is 1. The van der Waals surface area contributed by atoms with Crippen molar-refractivity contribution in [3.8, 4) is 33.4 Å². The Balaban J connectivity index is 1.29. The molecule has 0 bridgehead atoms. The molecule has 1 spiro atoms. The molecule has 51 heavy (non-hydrogen) atoms. The molecule has 0 amide bonds. The van der Waals surface area contributed by atoms with Crippen LogP contribution in [-0.4, -0.2) is 0 Å². The van der Waals surface area contributed by atoms with Crippen molar-refractivity contribution in [1.82, 2.24) is 0 Å². The maximum Gasteiger partial charge on any atom is 0.136 e. The zero-order valence-corrected chi connectivity index (χ0v) is 27.8. The van der Waals surface area contributed by atoms with E-state index < -0.39 is 5.41 Å². The fourth-order valence-electron chi connectivity index (χ4n) is 9.04. The van der Waals surface area contributed by atoms with E-state index in [0.29, 0.717) is 0 Å². The van der Waals surface area contributed by atoms with E-state index in [0.717, 1.165) is 39.0 Å². The Morgan fingerprint density at radius 1 is 0.314 bits per heavy atom. The molecule has 2 aliphatic carbocycles. The minimum atomic E-state index is -0.577. The predicted molar refractivity (Wildman–Crippen MR) is 210 cm³/mol. The fraction of sp³-hybridized carbons (Fsp3) is 0.0204. The van der Waals surface area contributed by atoms with Gasteiger partial charge in [0, 0.05) is 27.8 Å². The molecule has 11 rings (SSSR count). The van der Waals surface area contributed by atoms with E-state index in [4.69, 9.17) is 4.42 Å². The van der Waals surface area contributed by atoms with Crippen molar-refractivity contribution in [2.75, 3.05) is 4.90 Å². The lowest BCUT2D eigenvalue weighted by Crippen LogP contribution is -2.29. The van der Waals surface area contributed by atoms with E-state index >= 15 is 0 Å². The van der Waals surface area contributed by atoms with Crippen LogP contribution in [0.3, 0.4) is 0 Å². The topological polar surface area (TPSA) is 16.4 Å². The molecule has 1 aromatic heterocycles. The van der Waals surface area contributed by atoms with Crippen LogP contribution >= 0.6 is 0 Å². The van der Waals surface area contributed by atoms with Crippen LogP contribution in [0.1, 0.15) is 22.3 Å². The SMILES string of the molecule is c1ccc(N(c2ccccc2)c2ccc3c(c2)-c2ccccc2-c2ccccc2C32c3ccccc3-c3cc4oc5ccccc5c4cc32)cc1. The van der Waals surface area contributed by atoms with Crippen LogP contribution in [0.5, 0.6) is 0 Å². The number of anilines is 3. The Bertz CT molecular complexity index is 2770. The van der Waals surface area contributed by atoms with Crippen LogP contribution in [0.15, 0.2) is 192 Å². The number of furan rings is 1. The van der Waals surface area contributed by atoms with Crippen molar-refractivity contribution >= 4 is 39.0 Å². The summed E-state index contributed by atoms with van der Waals surface area (Å²) in [4.78, 5) is 2.37. The maximum absolute atomic E-state index is 6.50. The van der Waals surface area contributed by atoms with Gasteiger partial charge in [0.2, 0.25) is 0 Å². The first-order chi connectivity index (χ1) is 25.3. The average molecular weight is 650 g/mol. The first-order valence-electron chi connectivity index (χ1n) is 17.6. The molecule has 0 aliphatic heterocycles. The van der Waals surface area contributed by atoms with Gasteiger partial charge in [0.1, 0.15) is 11.2 Å². The van der Waals surface area contributed by atoms with Crippen LogP contribution in [0, 0.1) is 0 Å². The second kappa shape index (κ2) is 10.7. The van der Waals surface area contributed by atoms with E-state index in [1.807, 2.05) is 0 Å². The van der Waals surface area contributed by atoms with Gasteiger partial charge in [0.15, 0.2) is 0 Å². The van der Waals surface area contributed by atoms with Crippen molar-refractivity contribution < 1.29 is 4.42 Å². The summed E-state index contributed by atoms with van der Waals surface area (Å²) >= 11 is 0. The number of para-hydroxylation sites is 3. The summed E-state index contributed by atoms with van der Waals surface area (Å²) in [5.74, 6) is 0. The van der Waals surface area contributed by atoms with E-state index in [9.17, 15) is 0 Å². The number of rotatable bonds is 3. The third-order valence-corrected chi connectivity index (χ3v) is 11.1. The lowest BCUT2D eigenvalue weighted by molar-refractivity contribution is 0.668. The molecule has 0 fully saturated rings. The second-order valence-electron chi connectivity index (χ2n) is 13.6. The molecular formula is C49H31NO. The lowest BCUT2D eigenvalue weighted by atomic mass is 9.65. The molecule has 1 atom stereocenters. The quantitative estimate of drug-likeness (QED) is 0.189. The molecule has 8 aromatic carbocycles. The van der Waals surface area contributed by atoms with Gasteiger partial charge < -0.3 is 9.32 Å². The highest BCUT2D eigenvalue weighted by molar-refractivity contribution is 6.09. The molecule has 0 saturated carbocycles. The van der Waals surface area contributed by atoms with Gasteiger partial charge in [0.05, 0.1) is 5.41 Å². The van der Waals surface area contributed by atoms with Gasteiger partial charge in [-0.15, -0.1) is 0 Å². The minimum Gasteiger partial charge on any atom is -0.456 e. The summed E-state index contributed by atoms with van der Waals surface area (Å²) in [7, 11) is 0. The molecule has 9 aromatic rings. The average Bonchev–Trinajstić information content (AvgIpc) is 3.67. The molecule has 0 saturated heterocycles. The first kappa shape index (κ1) is 28.2. The van der Waals surface area contributed by atoms with Gasteiger partial charge in [-0.3, -0.25) is 0 Å². The van der Waals surface area contributed by atoms with Crippen LogP contribution in [0.4, 0.5) is 17.1 Å². The van der Waals surface area contributed by atoms with Crippen molar-refractivity contribution in [1.29, 1.82) is 0 Å². The molecule has 2 heteroatoms. The number of fused-ring (bicyclic) bond motifs is 15. The Morgan fingerprint density at radius 3 is 1.51 bits per heavy atom. The van der Waals surface area contributed by atoms with Gasteiger partial charge in [-0.25, -0.2) is 0 Å². The summed E-state index contributed by atoms with van der Waals surface area (Å²) in [6, 6.07) is 68.7. The van der Waals surface area contributed by atoms with Gasteiger partial charge in [-0.2, -0.15) is 0 Å². The van der Waals surface area contributed by atoms with Gasteiger partial charge in [0.25, 0.3) is 0 Å². The third kappa shape index (κ3) is 3.87. The highest BCUT2D eigenvalue weighted by Gasteiger charge is 2.50. The van der Waals surface area contributed by atoms with E-state index in [1.165, 1.54) is 55.6 Å². The van der Waals surface area contributed by atoms with Gasteiger partial charge >= 0.3 is 0 Å². The Kier molecular flexibility index (Phi) is 5.91. The molecule has 0 radical (unpaired) electrons. The fourth-order valence-corrected chi connectivity index (χ4v) is 9.04. The number of hydrogen-bond acceptors (Lipinski definition) is 2. The number of hydrogen-bond donors (Lipinski definition) is 0. The molecule has 1 unspecified atom stereocenters. The summed E-state index contributed by atoms with van der Waals surface area (Å²) in [6.07, 6.45) is 0. The van der Waals surface area contributed by atoms with E-state index in [2.05, 4.69) is 193 Å². The summed E-state index contributed by atoms with van der Waals surface area (Å²) in [5, 5.41) is 2.29. The highest BCUT2D eigenvalue weighted by Crippen LogP contribution is 2.62. The Hall–Kier alpha value is -6.64. The third-order valence-electron chi connectivity index (χ3n) is 11.1. The molecular weight excluding hydrogens is 619 g/mol. The summed E-state index contributed by atoms with van der Waals surface area (Å²) in [5.41, 5.74) is 17.2. The zero-order chi connectivity index (χ0) is 33.5. The van der Waals surface area contributed by atoms with Crippen LogP contribution < -0.4 is 4.90 Å². The summed E-state index contributed by atoms with van der Waals surface area (Å²) in [6.45, 7) is 0. The van der Waals surface area contributed by atoms with Crippen molar-refractivity contribution in [3.63, 3.8) is 0 Å². The lowest BCUT2D eigenvalue weighted by Gasteiger charge is -2.36. The Labute approximate surface area is 296 Å². The molecule has 2 aliphatic rings. The largest absolute Gasteiger partial charge is 0.456 e. The van der Waals surface area contributed by atoms with Crippen molar-refractivity contribution in [2.24, 2.45) is 0 Å².